The van der Waals surface area contributed by atoms with Gasteiger partial charge in [-0.1, -0.05) is 23.2 Å². The molecule has 21 heavy (non-hydrogen) atoms. The van der Waals surface area contributed by atoms with E-state index in [0.717, 1.165) is 6.26 Å². The van der Waals surface area contributed by atoms with Crippen molar-refractivity contribution in [2.24, 2.45) is 0 Å². The molecule has 0 bridgehead atoms. The lowest BCUT2D eigenvalue weighted by atomic mass is 10.0. The summed E-state index contributed by atoms with van der Waals surface area (Å²) in [5, 5.41) is 0.594. The van der Waals surface area contributed by atoms with Crippen LogP contribution < -0.4 is 5.73 Å². The molecule has 0 saturated heterocycles. The number of halogens is 2. The van der Waals surface area contributed by atoms with Crippen LogP contribution in [0.25, 0.3) is 0 Å². The van der Waals surface area contributed by atoms with E-state index >= 15 is 0 Å². The van der Waals surface area contributed by atoms with E-state index in [-0.39, 0.29) is 26.7 Å². The van der Waals surface area contributed by atoms with Crippen LogP contribution in [0.3, 0.4) is 0 Å². The number of nitrogen functional groups attached to an aromatic ring is 1. The van der Waals surface area contributed by atoms with Gasteiger partial charge in [-0.25, -0.2) is 8.42 Å². The third-order valence-corrected chi connectivity index (χ3v) is 4.43. The molecule has 0 aliphatic carbocycles. The fraction of sp³-hybridized carbons (Fsp3) is 0.0714. The summed E-state index contributed by atoms with van der Waals surface area (Å²) in [7, 11) is -3.47. The minimum Gasteiger partial charge on any atom is -0.399 e. The number of carbonyl (C=O) groups is 1. The number of anilines is 1. The summed E-state index contributed by atoms with van der Waals surface area (Å²) >= 11 is 11.8. The summed E-state index contributed by atoms with van der Waals surface area (Å²) < 4.78 is 23.2. The van der Waals surface area contributed by atoms with Crippen molar-refractivity contribution in [2.75, 3.05) is 12.0 Å². The lowest BCUT2D eigenvalue weighted by molar-refractivity contribution is 0.103. The lowest BCUT2D eigenvalue weighted by Gasteiger charge is -2.07. The molecule has 0 atom stereocenters. The smallest absolute Gasteiger partial charge is 0.194 e. The van der Waals surface area contributed by atoms with Crippen molar-refractivity contribution in [2.45, 2.75) is 4.90 Å². The number of nitrogens with two attached hydrogens (primary N) is 1. The Morgan fingerprint density at radius 2 is 1.76 bits per heavy atom. The van der Waals surface area contributed by atoms with E-state index in [0.29, 0.717) is 5.02 Å². The van der Waals surface area contributed by atoms with Crippen molar-refractivity contribution in [3.63, 3.8) is 0 Å². The quantitative estimate of drug-likeness (QED) is 0.685. The highest BCUT2D eigenvalue weighted by molar-refractivity contribution is 7.90. The number of sulfone groups is 1. The Morgan fingerprint density at radius 1 is 1.10 bits per heavy atom. The van der Waals surface area contributed by atoms with E-state index in [2.05, 4.69) is 0 Å². The first-order valence-corrected chi connectivity index (χ1v) is 8.43. The van der Waals surface area contributed by atoms with Gasteiger partial charge < -0.3 is 5.73 Å². The molecule has 0 unspecified atom stereocenters. The maximum Gasteiger partial charge on any atom is 0.194 e. The minimum absolute atomic E-state index is 0.0177. The normalized spacial score (nSPS) is 11.4. The molecule has 2 rings (SSSR count). The standard InChI is InChI=1S/C14H11Cl2NO3S/c1-21(19,20)11-5-8(4-10(17)7-11)14(18)12-3-2-9(15)6-13(12)16/h2-7H,17H2,1H3. The molecule has 2 aromatic carbocycles. The highest BCUT2D eigenvalue weighted by atomic mass is 35.5. The monoisotopic (exact) mass is 343 g/mol. The van der Waals surface area contributed by atoms with Gasteiger partial charge in [0.25, 0.3) is 0 Å². The first-order chi connectivity index (χ1) is 9.68. The summed E-state index contributed by atoms with van der Waals surface area (Å²) in [5.41, 5.74) is 6.23. The molecule has 4 nitrogen and oxygen atoms in total. The van der Waals surface area contributed by atoms with Crippen molar-refractivity contribution >= 4 is 44.5 Å². The van der Waals surface area contributed by atoms with Crippen LogP contribution in [-0.4, -0.2) is 20.5 Å². The van der Waals surface area contributed by atoms with Crippen molar-refractivity contribution in [1.29, 1.82) is 0 Å². The zero-order valence-electron chi connectivity index (χ0n) is 10.9. The van der Waals surface area contributed by atoms with E-state index in [1.54, 1.807) is 0 Å². The zero-order chi connectivity index (χ0) is 15.8. The molecule has 0 fully saturated rings. The Kier molecular flexibility index (Phi) is 4.27. The van der Waals surface area contributed by atoms with Crippen LogP contribution in [0.4, 0.5) is 5.69 Å². The van der Waals surface area contributed by atoms with E-state index in [9.17, 15) is 13.2 Å². The van der Waals surface area contributed by atoms with Crippen LogP contribution >= 0.6 is 23.2 Å². The Balaban J connectivity index is 2.56. The number of carbonyl (C=O) groups excluding carboxylic acids is 1. The van der Waals surface area contributed by atoms with Crippen LogP contribution in [0.5, 0.6) is 0 Å². The third-order valence-electron chi connectivity index (χ3n) is 2.79. The summed E-state index contributed by atoms with van der Waals surface area (Å²) in [5.74, 6) is -0.422. The predicted octanol–water partition coefficient (Wildman–Crippen LogP) is 3.21. The van der Waals surface area contributed by atoms with Gasteiger partial charge in [-0.05, 0) is 36.4 Å². The Bertz CT molecular complexity index is 832. The molecule has 110 valence electrons. The Morgan fingerprint density at radius 3 is 2.33 bits per heavy atom. The second-order valence-corrected chi connectivity index (χ2v) is 7.38. The fourth-order valence-electron chi connectivity index (χ4n) is 1.80. The molecular formula is C14H11Cl2NO3S. The second-order valence-electron chi connectivity index (χ2n) is 4.52. The van der Waals surface area contributed by atoms with Crippen LogP contribution in [0.2, 0.25) is 10.0 Å². The zero-order valence-corrected chi connectivity index (χ0v) is 13.3. The molecule has 0 radical (unpaired) electrons. The van der Waals surface area contributed by atoms with E-state index in [1.165, 1.54) is 36.4 Å². The summed E-state index contributed by atoms with van der Waals surface area (Å²) in [6.07, 6.45) is 1.05. The predicted molar refractivity (Wildman–Crippen MR) is 83.9 cm³/mol. The second kappa shape index (κ2) is 5.67. The largest absolute Gasteiger partial charge is 0.399 e. The molecule has 2 N–H and O–H groups in total. The Hall–Kier alpha value is -1.56. The maximum atomic E-state index is 12.4. The first kappa shape index (κ1) is 15.8. The maximum absolute atomic E-state index is 12.4. The van der Waals surface area contributed by atoms with E-state index in [4.69, 9.17) is 28.9 Å². The van der Waals surface area contributed by atoms with Gasteiger partial charge in [-0.2, -0.15) is 0 Å². The van der Waals surface area contributed by atoms with Crippen LogP contribution in [0.1, 0.15) is 15.9 Å². The summed E-state index contributed by atoms with van der Waals surface area (Å²) in [4.78, 5) is 12.4. The van der Waals surface area contributed by atoms with Gasteiger partial charge in [0.1, 0.15) is 0 Å². The number of benzene rings is 2. The topological polar surface area (TPSA) is 77.2 Å². The van der Waals surface area contributed by atoms with Gasteiger partial charge in [0.05, 0.1) is 9.92 Å². The third kappa shape index (κ3) is 3.56. The number of hydrogen-bond acceptors (Lipinski definition) is 4. The van der Waals surface area contributed by atoms with Crippen molar-refractivity contribution < 1.29 is 13.2 Å². The SMILES string of the molecule is CS(=O)(=O)c1cc(N)cc(C(=O)c2ccc(Cl)cc2Cl)c1. The van der Waals surface area contributed by atoms with E-state index < -0.39 is 15.6 Å². The number of ketones is 1. The van der Waals surface area contributed by atoms with Gasteiger partial charge in [-0.15, -0.1) is 0 Å². The summed E-state index contributed by atoms with van der Waals surface area (Å²) in [6, 6.07) is 8.44. The molecule has 0 saturated carbocycles. The van der Waals surface area contributed by atoms with Crippen molar-refractivity contribution in [3.8, 4) is 0 Å². The molecule has 0 aliphatic rings. The van der Waals surface area contributed by atoms with Crippen LogP contribution in [-0.2, 0) is 9.84 Å². The van der Waals surface area contributed by atoms with Gasteiger partial charge in [0.2, 0.25) is 0 Å². The first-order valence-electron chi connectivity index (χ1n) is 5.79. The molecule has 0 aliphatic heterocycles. The lowest BCUT2D eigenvalue weighted by Crippen LogP contribution is -2.06. The average molecular weight is 344 g/mol. The molecule has 7 heteroatoms. The van der Waals surface area contributed by atoms with E-state index in [1.807, 2.05) is 0 Å². The highest BCUT2D eigenvalue weighted by Gasteiger charge is 2.17. The van der Waals surface area contributed by atoms with Crippen molar-refractivity contribution in [3.05, 3.63) is 57.6 Å². The minimum atomic E-state index is -3.47. The van der Waals surface area contributed by atoms with Gasteiger partial charge in [0, 0.05) is 28.1 Å². The van der Waals surface area contributed by atoms with Gasteiger partial charge in [-0.3, -0.25) is 4.79 Å². The Labute approximate surface area is 132 Å². The fourth-order valence-corrected chi connectivity index (χ4v) is 2.98. The van der Waals surface area contributed by atoms with Crippen LogP contribution in [0, 0.1) is 0 Å². The molecule has 0 aromatic heterocycles. The molecule has 0 heterocycles. The number of hydrogen-bond donors (Lipinski definition) is 1. The summed E-state index contributed by atoms with van der Waals surface area (Å²) in [6.45, 7) is 0. The van der Waals surface area contributed by atoms with Gasteiger partial charge in [0.15, 0.2) is 15.6 Å². The van der Waals surface area contributed by atoms with Crippen molar-refractivity contribution in [1.82, 2.24) is 0 Å². The molecular weight excluding hydrogens is 333 g/mol. The molecule has 2 aromatic rings. The molecule has 0 amide bonds. The molecule has 0 spiro atoms. The highest BCUT2D eigenvalue weighted by Crippen LogP contribution is 2.25. The number of rotatable bonds is 3. The average Bonchev–Trinajstić information content (AvgIpc) is 2.36. The van der Waals surface area contributed by atoms with Crippen LogP contribution in [0.15, 0.2) is 41.3 Å². The van der Waals surface area contributed by atoms with Gasteiger partial charge >= 0.3 is 0 Å².